The standard InChI is InChI=1S/C26H31N5O8S/c1-17-23(24(32)29-12-14-38-15-13-29)27-30(18-6-9-20(37-5)10-7-18)25(17)39-21-11-8-19(31(33)34)16-22(21)40(35,36)28-26(2,3)4/h6-11,16,28H,12-15H2,1-5H3. The van der Waals surface area contributed by atoms with E-state index in [-0.39, 0.29) is 23.2 Å². The molecule has 214 valence electrons. The Balaban J connectivity index is 1.86. The molecule has 4 rings (SSSR count). The Morgan fingerprint density at radius 1 is 1.12 bits per heavy atom. The number of hydrogen-bond acceptors (Lipinski definition) is 9. The number of morpholine rings is 1. The number of nitro groups is 1. The number of sulfonamides is 1. The zero-order chi connectivity index (χ0) is 29.2. The molecule has 0 radical (unpaired) electrons. The summed E-state index contributed by atoms with van der Waals surface area (Å²) in [6.45, 7) is 8.18. The van der Waals surface area contributed by atoms with Gasteiger partial charge in [0, 0.05) is 36.3 Å². The number of carbonyl (C=O) groups is 1. The van der Waals surface area contributed by atoms with Crippen LogP contribution >= 0.6 is 0 Å². The number of ether oxygens (including phenoxy) is 3. The van der Waals surface area contributed by atoms with Crippen LogP contribution in [0, 0.1) is 17.0 Å². The molecule has 0 saturated carbocycles. The highest BCUT2D eigenvalue weighted by Gasteiger charge is 2.31. The molecule has 2 heterocycles. The maximum absolute atomic E-state index is 13.4. The molecule has 0 aliphatic carbocycles. The molecule has 1 aliphatic rings. The van der Waals surface area contributed by atoms with Gasteiger partial charge in [0.05, 0.1) is 30.9 Å². The topological polar surface area (TPSA) is 155 Å². The highest BCUT2D eigenvalue weighted by molar-refractivity contribution is 7.89. The van der Waals surface area contributed by atoms with Crippen molar-refractivity contribution in [2.75, 3.05) is 33.4 Å². The van der Waals surface area contributed by atoms with E-state index in [1.165, 1.54) is 17.9 Å². The van der Waals surface area contributed by atoms with Crippen LogP contribution in [0.15, 0.2) is 47.4 Å². The number of aromatic nitrogens is 2. The van der Waals surface area contributed by atoms with Gasteiger partial charge in [-0.1, -0.05) is 0 Å². The van der Waals surface area contributed by atoms with E-state index in [1.54, 1.807) is 56.9 Å². The van der Waals surface area contributed by atoms with Gasteiger partial charge in [0.25, 0.3) is 11.6 Å². The monoisotopic (exact) mass is 573 g/mol. The quantitative estimate of drug-likeness (QED) is 0.315. The zero-order valence-electron chi connectivity index (χ0n) is 22.8. The molecule has 0 unspecified atom stereocenters. The average molecular weight is 574 g/mol. The first-order valence-corrected chi connectivity index (χ1v) is 13.9. The molecule has 13 nitrogen and oxygen atoms in total. The Morgan fingerprint density at radius 2 is 1.77 bits per heavy atom. The van der Waals surface area contributed by atoms with E-state index in [1.807, 2.05) is 0 Å². The molecule has 1 aliphatic heterocycles. The molecule has 1 N–H and O–H groups in total. The van der Waals surface area contributed by atoms with Crippen molar-refractivity contribution >= 4 is 21.6 Å². The van der Waals surface area contributed by atoms with E-state index in [2.05, 4.69) is 9.82 Å². The van der Waals surface area contributed by atoms with E-state index >= 15 is 0 Å². The second-order valence-electron chi connectivity index (χ2n) is 10.1. The summed E-state index contributed by atoms with van der Waals surface area (Å²) >= 11 is 0. The highest BCUT2D eigenvalue weighted by atomic mass is 32.2. The summed E-state index contributed by atoms with van der Waals surface area (Å²) < 4.78 is 47.3. The molecule has 1 fully saturated rings. The number of hydrogen-bond donors (Lipinski definition) is 1. The number of nitro benzene ring substituents is 1. The molecule has 1 aromatic heterocycles. The summed E-state index contributed by atoms with van der Waals surface area (Å²) in [6, 6.07) is 10.1. The summed E-state index contributed by atoms with van der Waals surface area (Å²) in [6.07, 6.45) is 0. The fourth-order valence-electron chi connectivity index (χ4n) is 4.08. The van der Waals surface area contributed by atoms with Crippen molar-refractivity contribution in [3.8, 4) is 23.1 Å². The number of benzene rings is 2. The predicted molar refractivity (Wildman–Crippen MR) is 145 cm³/mol. The van der Waals surface area contributed by atoms with Gasteiger partial charge in [-0.15, -0.1) is 0 Å². The molecular weight excluding hydrogens is 542 g/mol. The van der Waals surface area contributed by atoms with Crippen LogP contribution in [0.2, 0.25) is 0 Å². The van der Waals surface area contributed by atoms with Gasteiger partial charge >= 0.3 is 0 Å². The Bertz CT molecular complexity index is 1520. The van der Waals surface area contributed by atoms with Crippen LogP contribution < -0.4 is 14.2 Å². The maximum Gasteiger partial charge on any atom is 0.274 e. The third-order valence-electron chi connectivity index (χ3n) is 5.96. The van der Waals surface area contributed by atoms with Crippen molar-refractivity contribution in [1.82, 2.24) is 19.4 Å². The van der Waals surface area contributed by atoms with Crippen LogP contribution in [0.5, 0.6) is 17.4 Å². The Kier molecular flexibility index (Phi) is 8.14. The Hall–Kier alpha value is -4.01. The van der Waals surface area contributed by atoms with Crippen molar-refractivity contribution in [2.24, 2.45) is 0 Å². The van der Waals surface area contributed by atoms with Crippen molar-refractivity contribution in [3.63, 3.8) is 0 Å². The second kappa shape index (κ2) is 11.2. The molecule has 40 heavy (non-hydrogen) atoms. The number of nitrogens with zero attached hydrogens (tertiary/aromatic N) is 4. The number of carbonyl (C=O) groups excluding carboxylic acids is 1. The van der Waals surface area contributed by atoms with Crippen molar-refractivity contribution in [2.45, 2.75) is 38.1 Å². The third kappa shape index (κ3) is 6.24. The van der Waals surface area contributed by atoms with Gasteiger partial charge in [-0.2, -0.15) is 9.78 Å². The van der Waals surface area contributed by atoms with E-state index in [0.717, 1.165) is 12.1 Å². The summed E-state index contributed by atoms with van der Waals surface area (Å²) in [7, 11) is -2.73. The van der Waals surface area contributed by atoms with E-state index in [0.29, 0.717) is 43.3 Å². The van der Waals surface area contributed by atoms with E-state index < -0.39 is 31.1 Å². The summed E-state index contributed by atoms with van der Waals surface area (Å²) in [5.41, 5.74) is -0.312. The molecule has 1 saturated heterocycles. The molecule has 0 atom stereocenters. The molecular formula is C26H31N5O8S. The van der Waals surface area contributed by atoms with Gasteiger partial charge < -0.3 is 19.1 Å². The first-order valence-electron chi connectivity index (χ1n) is 12.4. The average Bonchev–Trinajstić information content (AvgIpc) is 3.23. The summed E-state index contributed by atoms with van der Waals surface area (Å²) in [5.74, 6) is 0.161. The predicted octanol–water partition coefficient (Wildman–Crippen LogP) is 3.44. The van der Waals surface area contributed by atoms with Crippen LogP contribution in [0.4, 0.5) is 5.69 Å². The fourth-order valence-corrected chi connectivity index (χ4v) is 5.65. The lowest BCUT2D eigenvalue weighted by Gasteiger charge is -2.26. The maximum atomic E-state index is 13.4. The number of nitrogens with one attached hydrogen (secondary N) is 1. The van der Waals surface area contributed by atoms with Gasteiger partial charge in [-0.05, 0) is 58.0 Å². The first-order chi connectivity index (χ1) is 18.8. The molecule has 1 amide bonds. The molecule has 2 aromatic carbocycles. The smallest absolute Gasteiger partial charge is 0.274 e. The Labute approximate surface area is 231 Å². The Morgan fingerprint density at radius 3 is 2.35 bits per heavy atom. The minimum Gasteiger partial charge on any atom is -0.497 e. The number of non-ortho nitro benzene ring substituents is 1. The van der Waals surface area contributed by atoms with Crippen LogP contribution in [-0.4, -0.2) is 72.9 Å². The lowest BCUT2D eigenvalue weighted by Crippen LogP contribution is -2.41. The van der Waals surface area contributed by atoms with Gasteiger partial charge in [-0.25, -0.2) is 13.1 Å². The largest absolute Gasteiger partial charge is 0.497 e. The van der Waals surface area contributed by atoms with E-state index in [9.17, 15) is 23.3 Å². The summed E-state index contributed by atoms with van der Waals surface area (Å²) in [5, 5.41) is 16.0. The zero-order valence-corrected chi connectivity index (χ0v) is 23.6. The normalized spacial score (nSPS) is 14.2. The SMILES string of the molecule is COc1ccc(-n2nc(C(=O)N3CCOCC3)c(C)c2Oc2ccc([N+](=O)[O-])cc2S(=O)(=O)NC(C)(C)C)cc1. The third-order valence-corrected chi connectivity index (χ3v) is 7.74. The van der Waals surface area contributed by atoms with Crippen molar-refractivity contribution < 1.29 is 32.3 Å². The minimum absolute atomic E-state index is 0.0721. The molecule has 0 spiro atoms. The lowest BCUT2D eigenvalue weighted by atomic mass is 10.1. The lowest BCUT2D eigenvalue weighted by molar-refractivity contribution is -0.385. The number of rotatable bonds is 8. The van der Waals surface area contributed by atoms with Crippen LogP contribution in [0.3, 0.4) is 0 Å². The molecule has 3 aromatic rings. The van der Waals surface area contributed by atoms with Crippen LogP contribution in [0.25, 0.3) is 5.69 Å². The number of amides is 1. The van der Waals surface area contributed by atoms with Gasteiger partial charge in [-0.3, -0.25) is 14.9 Å². The van der Waals surface area contributed by atoms with Crippen LogP contribution in [-0.2, 0) is 14.8 Å². The van der Waals surface area contributed by atoms with Crippen molar-refractivity contribution in [1.29, 1.82) is 0 Å². The van der Waals surface area contributed by atoms with E-state index in [4.69, 9.17) is 14.2 Å². The van der Waals surface area contributed by atoms with Gasteiger partial charge in [0.2, 0.25) is 15.9 Å². The van der Waals surface area contributed by atoms with Crippen molar-refractivity contribution in [3.05, 3.63) is 63.8 Å². The van der Waals surface area contributed by atoms with Gasteiger partial charge in [0.1, 0.15) is 16.4 Å². The first kappa shape index (κ1) is 29.0. The fraction of sp³-hybridized carbons (Fsp3) is 0.385. The number of methoxy groups -OCH3 is 1. The minimum atomic E-state index is -4.27. The summed E-state index contributed by atoms with van der Waals surface area (Å²) in [4.78, 5) is 25.4. The second-order valence-corrected chi connectivity index (χ2v) is 11.8. The molecule has 14 heteroatoms. The highest BCUT2D eigenvalue weighted by Crippen LogP contribution is 2.36. The van der Waals surface area contributed by atoms with Crippen LogP contribution in [0.1, 0.15) is 36.8 Å². The molecule has 0 bridgehead atoms. The van der Waals surface area contributed by atoms with Gasteiger partial charge in [0.15, 0.2) is 5.69 Å².